The van der Waals surface area contributed by atoms with Crippen molar-refractivity contribution in [1.82, 2.24) is 0 Å². The molecular formula is C10H22O5S2Si. The molecule has 0 aliphatic rings. The summed E-state index contributed by atoms with van der Waals surface area (Å²) in [7, 11) is -3.38. The maximum absolute atomic E-state index is 11.8. The third-order valence-corrected chi connectivity index (χ3v) is 4.40. The summed E-state index contributed by atoms with van der Waals surface area (Å²) < 4.78 is 20.7. The largest absolute Gasteiger partial charge is 0.751 e. The van der Waals surface area contributed by atoms with E-state index in [1.807, 2.05) is 0 Å². The van der Waals surface area contributed by atoms with Crippen LogP contribution in [0.1, 0.15) is 34.1 Å². The van der Waals surface area contributed by atoms with Gasteiger partial charge in [0, 0.05) is 19.8 Å². The molecule has 18 heavy (non-hydrogen) atoms. The SMILES string of the molecule is CCO[Si](OCC)(OCC)OC(=O)CC(C)(S)S. The third-order valence-electron chi connectivity index (χ3n) is 1.68. The van der Waals surface area contributed by atoms with Crippen LogP contribution in [0.2, 0.25) is 0 Å². The summed E-state index contributed by atoms with van der Waals surface area (Å²) >= 11 is 8.31. The highest BCUT2D eigenvalue weighted by Gasteiger charge is 2.49. The molecule has 0 unspecified atom stereocenters. The summed E-state index contributed by atoms with van der Waals surface area (Å²) in [5.74, 6) is -0.496. The van der Waals surface area contributed by atoms with E-state index in [2.05, 4.69) is 25.3 Å². The maximum atomic E-state index is 11.8. The number of hydrogen-bond donors (Lipinski definition) is 2. The van der Waals surface area contributed by atoms with Crippen LogP contribution in [0.5, 0.6) is 0 Å². The van der Waals surface area contributed by atoms with Gasteiger partial charge in [-0.25, -0.2) is 0 Å². The zero-order valence-corrected chi connectivity index (χ0v) is 14.1. The lowest BCUT2D eigenvalue weighted by Gasteiger charge is -2.27. The molecule has 108 valence electrons. The third kappa shape index (κ3) is 7.65. The van der Waals surface area contributed by atoms with E-state index in [4.69, 9.17) is 17.7 Å². The van der Waals surface area contributed by atoms with Gasteiger partial charge in [0.15, 0.2) is 0 Å². The van der Waals surface area contributed by atoms with Gasteiger partial charge in [-0.2, -0.15) is 25.3 Å². The normalized spacial score (nSPS) is 12.6. The molecule has 5 nitrogen and oxygen atoms in total. The average molecular weight is 315 g/mol. The molecule has 0 saturated carbocycles. The van der Waals surface area contributed by atoms with Gasteiger partial charge in [-0.3, -0.25) is 4.79 Å². The summed E-state index contributed by atoms with van der Waals surface area (Å²) in [5, 5.41) is 0. The monoisotopic (exact) mass is 314 g/mol. The second-order valence-corrected chi connectivity index (χ2v) is 8.06. The Morgan fingerprint density at radius 2 is 1.44 bits per heavy atom. The maximum Gasteiger partial charge on any atom is 0.751 e. The molecule has 8 heteroatoms. The van der Waals surface area contributed by atoms with E-state index in [0.717, 1.165) is 0 Å². The summed E-state index contributed by atoms with van der Waals surface area (Å²) in [4.78, 5) is 11.8. The topological polar surface area (TPSA) is 54.0 Å². The summed E-state index contributed by atoms with van der Waals surface area (Å²) in [6, 6.07) is 0. The zero-order chi connectivity index (χ0) is 14.2. The molecule has 0 bridgehead atoms. The molecule has 0 saturated heterocycles. The van der Waals surface area contributed by atoms with E-state index in [-0.39, 0.29) is 6.42 Å². The van der Waals surface area contributed by atoms with Gasteiger partial charge in [0.25, 0.3) is 5.97 Å². The Morgan fingerprint density at radius 3 is 1.72 bits per heavy atom. The molecule has 0 aromatic heterocycles. The summed E-state index contributed by atoms with van der Waals surface area (Å²) in [6.45, 7) is 8.10. The molecule has 0 heterocycles. The fourth-order valence-electron chi connectivity index (χ4n) is 1.19. The number of thiol groups is 2. The van der Waals surface area contributed by atoms with Crippen molar-refractivity contribution in [2.24, 2.45) is 0 Å². The average Bonchev–Trinajstić information content (AvgIpc) is 2.15. The van der Waals surface area contributed by atoms with E-state index >= 15 is 0 Å². The summed E-state index contributed by atoms with van der Waals surface area (Å²) in [5.41, 5.74) is 0. The van der Waals surface area contributed by atoms with Crippen LogP contribution in [0.4, 0.5) is 0 Å². The van der Waals surface area contributed by atoms with Crippen molar-refractivity contribution >= 4 is 40.3 Å². The molecule has 0 amide bonds. The Labute approximate surface area is 121 Å². The Kier molecular flexibility index (Phi) is 8.57. The van der Waals surface area contributed by atoms with Crippen LogP contribution in [0, 0.1) is 0 Å². The van der Waals surface area contributed by atoms with Gasteiger partial charge in [-0.1, -0.05) is 0 Å². The Balaban J connectivity index is 4.69. The molecule has 0 rings (SSSR count). The van der Waals surface area contributed by atoms with E-state index < -0.39 is 19.1 Å². The second kappa shape index (κ2) is 8.44. The molecule has 0 fully saturated rings. The lowest BCUT2D eigenvalue weighted by molar-refractivity contribution is -0.144. The predicted molar refractivity (Wildman–Crippen MR) is 77.7 cm³/mol. The van der Waals surface area contributed by atoms with Gasteiger partial charge in [-0.15, -0.1) is 0 Å². The highest BCUT2D eigenvalue weighted by molar-refractivity contribution is 8.00. The van der Waals surface area contributed by atoms with Gasteiger partial charge >= 0.3 is 9.05 Å². The first-order valence-corrected chi connectivity index (χ1v) is 8.39. The van der Waals surface area contributed by atoms with E-state index in [9.17, 15) is 4.79 Å². The lowest BCUT2D eigenvalue weighted by atomic mass is 10.3. The number of carbonyl (C=O) groups excluding carboxylic acids is 1. The quantitative estimate of drug-likeness (QED) is 0.387. The Hall–Kier alpha value is 0.267. The van der Waals surface area contributed by atoms with Gasteiger partial charge in [-0.05, 0) is 27.7 Å². The van der Waals surface area contributed by atoms with Crippen molar-refractivity contribution in [3.63, 3.8) is 0 Å². The minimum atomic E-state index is -3.38. The molecule has 0 radical (unpaired) electrons. The number of rotatable bonds is 9. The van der Waals surface area contributed by atoms with Gasteiger partial charge < -0.3 is 17.7 Å². The van der Waals surface area contributed by atoms with Crippen LogP contribution in [0.3, 0.4) is 0 Å². The molecule has 0 aromatic carbocycles. The lowest BCUT2D eigenvalue weighted by Crippen LogP contribution is -2.51. The fourth-order valence-corrected chi connectivity index (χ4v) is 3.29. The first-order chi connectivity index (χ1) is 8.28. The van der Waals surface area contributed by atoms with Crippen molar-refractivity contribution in [3.05, 3.63) is 0 Å². The molecule has 0 aliphatic carbocycles. The van der Waals surface area contributed by atoms with Crippen LogP contribution in [-0.2, 0) is 22.5 Å². The van der Waals surface area contributed by atoms with Gasteiger partial charge in [0.1, 0.15) is 0 Å². The van der Waals surface area contributed by atoms with Crippen molar-refractivity contribution in [2.45, 2.75) is 38.2 Å². The minimum absolute atomic E-state index is 0.0290. The minimum Gasteiger partial charge on any atom is -0.452 e. The van der Waals surface area contributed by atoms with Gasteiger partial charge in [0.2, 0.25) is 0 Å². The van der Waals surface area contributed by atoms with Gasteiger partial charge in [0.05, 0.1) is 10.5 Å². The molecular weight excluding hydrogens is 292 g/mol. The molecule has 0 atom stereocenters. The smallest absolute Gasteiger partial charge is 0.452 e. The van der Waals surface area contributed by atoms with Crippen LogP contribution in [0.25, 0.3) is 0 Å². The molecule has 0 spiro atoms. The number of carbonyl (C=O) groups is 1. The predicted octanol–water partition coefficient (Wildman–Crippen LogP) is 2.04. The summed E-state index contributed by atoms with van der Waals surface area (Å²) in [6.07, 6.45) is 0.0290. The first-order valence-electron chi connectivity index (χ1n) is 5.87. The van der Waals surface area contributed by atoms with Crippen LogP contribution in [-0.4, -0.2) is 38.9 Å². The van der Waals surface area contributed by atoms with Crippen molar-refractivity contribution in [1.29, 1.82) is 0 Å². The molecule has 0 N–H and O–H groups in total. The first kappa shape index (κ1) is 18.3. The van der Waals surface area contributed by atoms with Crippen LogP contribution < -0.4 is 0 Å². The zero-order valence-electron chi connectivity index (χ0n) is 11.3. The standard InChI is InChI=1S/C10H22O5S2Si/c1-5-12-18(13-6-2,14-7-3)15-9(11)8-10(4,16)17/h16-17H,5-8H2,1-4H3. The molecule has 0 aliphatic heterocycles. The van der Waals surface area contributed by atoms with Crippen molar-refractivity contribution < 1.29 is 22.5 Å². The second-order valence-electron chi connectivity index (χ2n) is 3.67. The Bertz CT molecular complexity index is 240. The van der Waals surface area contributed by atoms with Crippen molar-refractivity contribution in [3.8, 4) is 0 Å². The highest BCUT2D eigenvalue weighted by atomic mass is 32.2. The fraction of sp³-hybridized carbons (Fsp3) is 0.900. The van der Waals surface area contributed by atoms with E-state index in [1.54, 1.807) is 27.7 Å². The van der Waals surface area contributed by atoms with Crippen LogP contribution >= 0.6 is 25.3 Å². The van der Waals surface area contributed by atoms with E-state index in [0.29, 0.717) is 19.8 Å². The highest BCUT2D eigenvalue weighted by Crippen LogP contribution is 2.24. The number of hydrogen-bond acceptors (Lipinski definition) is 7. The molecule has 0 aromatic rings. The van der Waals surface area contributed by atoms with Crippen LogP contribution in [0.15, 0.2) is 0 Å². The van der Waals surface area contributed by atoms with E-state index in [1.165, 1.54) is 0 Å². The van der Waals surface area contributed by atoms with Crippen molar-refractivity contribution in [2.75, 3.05) is 19.8 Å². The Morgan fingerprint density at radius 1 is 1.06 bits per heavy atom.